The Morgan fingerprint density at radius 1 is 0.347 bits per heavy atom. The van der Waals surface area contributed by atoms with Gasteiger partial charge < -0.3 is 19.2 Å². The Labute approximate surface area is 449 Å². The summed E-state index contributed by atoms with van der Waals surface area (Å²) in [6.07, 6.45) is 40.4. The highest BCUT2D eigenvalue weighted by Gasteiger charge is 2.17. The van der Waals surface area contributed by atoms with Crippen molar-refractivity contribution >= 4 is 33.5 Å². The highest BCUT2D eigenvalue weighted by Crippen LogP contribution is 2.40. The van der Waals surface area contributed by atoms with Crippen LogP contribution in [0.4, 0.5) is 0 Å². The summed E-state index contributed by atoms with van der Waals surface area (Å²) in [7, 11) is 11.9. The van der Waals surface area contributed by atoms with E-state index < -0.39 is 11.9 Å². The molecule has 0 radical (unpaired) electrons. The number of hydrogen-bond acceptors (Lipinski definition) is 4. The molecule has 0 aromatic heterocycles. The Morgan fingerprint density at radius 2 is 0.583 bits per heavy atom. The average Bonchev–Trinajstić information content (AvgIpc) is 3.36. The molecule has 0 saturated carbocycles. The van der Waals surface area contributed by atoms with Crippen LogP contribution >= 0.6 is 21.6 Å². The first kappa shape index (κ1) is 64.6. The molecule has 402 valence electrons. The minimum Gasteiger partial charge on any atom is -0.478 e. The number of carbonyl (C=O) groups is 2. The monoisotopic (exact) mass is 1030 g/mol. The summed E-state index contributed by atoms with van der Waals surface area (Å²) in [6.45, 7) is 9.49. The Bertz CT molecular complexity index is 1780. The number of carboxylic acids is 2. The standard InChI is InChI=1S/2C25H46N.C14H10O4S2/c2*1-4-5-6-7-8-9-10-11-12-13-14-15-16-20-23-26(2,3)24-25-21-18-17-19-22-25;15-13(16)9-5-1-3-7-11(9)19-20-12-8-4-2-6-10(12)14(17)18/h2*17-19,21-22H,4-16,20,23-24H2,1-3H3;1-8H,(H,15,16)(H,17,18)/q2*+1;. The second kappa shape index (κ2) is 41.8. The first-order valence-electron chi connectivity index (χ1n) is 28.6. The van der Waals surface area contributed by atoms with Crippen LogP contribution in [0.3, 0.4) is 0 Å². The van der Waals surface area contributed by atoms with Gasteiger partial charge in [0.15, 0.2) is 0 Å². The molecule has 8 heteroatoms. The van der Waals surface area contributed by atoms with Crippen LogP contribution in [0.15, 0.2) is 119 Å². The molecule has 0 aliphatic heterocycles. The van der Waals surface area contributed by atoms with Crippen molar-refractivity contribution < 1.29 is 28.8 Å². The second-order valence-electron chi connectivity index (χ2n) is 21.6. The van der Waals surface area contributed by atoms with Crippen LogP contribution in [0.2, 0.25) is 0 Å². The van der Waals surface area contributed by atoms with Gasteiger partial charge >= 0.3 is 11.9 Å². The van der Waals surface area contributed by atoms with Crippen molar-refractivity contribution in [3.05, 3.63) is 131 Å². The zero-order chi connectivity index (χ0) is 52.4. The van der Waals surface area contributed by atoms with E-state index in [4.69, 9.17) is 10.2 Å². The van der Waals surface area contributed by atoms with Gasteiger partial charge in [-0.1, -0.05) is 274 Å². The summed E-state index contributed by atoms with van der Waals surface area (Å²) in [5.74, 6) is -2.00. The third-order valence-corrected chi connectivity index (χ3v) is 16.1. The Morgan fingerprint density at radius 3 is 0.847 bits per heavy atom. The van der Waals surface area contributed by atoms with Crippen molar-refractivity contribution in [2.75, 3.05) is 41.3 Å². The minimum atomic E-state index is -1.000. The van der Waals surface area contributed by atoms with Crippen molar-refractivity contribution in [2.45, 2.75) is 217 Å². The number of unbranched alkanes of at least 4 members (excludes halogenated alkanes) is 26. The lowest BCUT2D eigenvalue weighted by Crippen LogP contribution is -2.39. The summed E-state index contributed by atoms with van der Waals surface area (Å²) in [6, 6.07) is 35.1. The molecule has 0 bridgehead atoms. The van der Waals surface area contributed by atoms with E-state index in [-0.39, 0.29) is 11.1 Å². The molecule has 6 nitrogen and oxygen atoms in total. The molecule has 2 N–H and O–H groups in total. The number of nitrogens with zero attached hydrogens (tertiary/aromatic N) is 2. The molecular formula is C64H102N2O4S2+2. The predicted molar refractivity (Wildman–Crippen MR) is 313 cm³/mol. The van der Waals surface area contributed by atoms with Crippen LogP contribution in [0.1, 0.15) is 225 Å². The number of carboxylic acid groups (broad SMARTS) is 2. The van der Waals surface area contributed by atoms with Gasteiger partial charge in [-0.2, -0.15) is 0 Å². The lowest BCUT2D eigenvalue weighted by Gasteiger charge is -2.30. The first-order valence-corrected chi connectivity index (χ1v) is 30.7. The molecule has 4 aromatic carbocycles. The maximum atomic E-state index is 11.1. The second-order valence-corrected chi connectivity index (χ2v) is 23.8. The van der Waals surface area contributed by atoms with Crippen molar-refractivity contribution in [1.82, 2.24) is 0 Å². The van der Waals surface area contributed by atoms with E-state index in [0.717, 1.165) is 22.1 Å². The van der Waals surface area contributed by atoms with Crippen LogP contribution in [-0.4, -0.2) is 72.4 Å². The van der Waals surface area contributed by atoms with Crippen LogP contribution in [-0.2, 0) is 13.1 Å². The largest absolute Gasteiger partial charge is 0.478 e. The number of hydrogen-bond donors (Lipinski definition) is 2. The van der Waals surface area contributed by atoms with Crippen LogP contribution in [0.5, 0.6) is 0 Å². The highest BCUT2D eigenvalue weighted by atomic mass is 33.1. The predicted octanol–water partition coefficient (Wildman–Crippen LogP) is 19.4. The maximum absolute atomic E-state index is 11.1. The molecule has 0 aliphatic carbocycles. The van der Waals surface area contributed by atoms with Gasteiger partial charge in [-0.3, -0.25) is 0 Å². The molecule has 0 fully saturated rings. The Kier molecular flexibility index (Phi) is 37.4. The summed E-state index contributed by atoms with van der Waals surface area (Å²) in [4.78, 5) is 23.4. The fourth-order valence-electron chi connectivity index (χ4n) is 9.30. The van der Waals surface area contributed by atoms with Gasteiger partial charge in [-0.15, -0.1) is 0 Å². The van der Waals surface area contributed by atoms with E-state index in [1.54, 1.807) is 36.4 Å². The van der Waals surface area contributed by atoms with Crippen molar-refractivity contribution in [2.24, 2.45) is 0 Å². The molecule has 0 atom stereocenters. The van der Waals surface area contributed by atoms with Gasteiger partial charge in [-0.25, -0.2) is 9.59 Å². The molecule has 0 aliphatic rings. The molecule has 4 aromatic rings. The number of benzene rings is 4. The fourth-order valence-corrected chi connectivity index (χ4v) is 11.7. The van der Waals surface area contributed by atoms with E-state index >= 15 is 0 Å². The van der Waals surface area contributed by atoms with Gasteiger partial charge in [0.1, 0.15) is 13.1 Å². The van der Waals surface area contributed by atoms with Crippen molar-refractivity contribution in [3.63, 3.8) is 0 Å². The van der Waals surface area contributed by atoms with E-state index in [0.29, 0.717) is 9.79 Å². The summed E-state index contributed by atoms with van der Waals surface area (Å²) in [5.41, 5.74) is 3.33. The molecule has 0 saturated heterocycles. The number of rotatable bonds is 39. The van der Waals surface area contributed by atoms with Crippen LogP contribution in [0, 0.1) is 0 Å². The lowest BCUT2D eigenvalue weighted by molar-refractivity contribution is -0.903. The summed E-state index contributed by atoms with van der Waals surface area (Å²) < 4.78 is 2.23. The third-order valence-electron chi connectivity index (χ3n) is 13.6. The van der Waals surface area contributed by atoms with Crippen LogP contribution < -0.4 is 0 Å². The van der Waals surface area contributed by atoms with Gasteiger partial charge in [0.25, 0.3) is 0 Å². The molecule has 0 spiro atoms. The Hall–Kier alpha value is -3.56. The SMILES string of the molecule is CCCCCCCCCCCCCCCC[N+](C)(C)Cc1ccccc1.CCCCCCCCCCCCCCCC[N+](C)(C)Cc1ccccc1.O=C(O)c1ccccc1SSc1ccccc1C(=O)O. The van der Waals surface area contributed by atoms with Gasteiger partial charge in [0.2, 0.25) is 0 Å². The van der Waals surface area contributed by atoms with E-state index in [1.165, 1.54) is 238 Å². The maximum Gasteiger partial charge on any atom is 0.336 e. The zero-order valence-electron chi connectivity index (χ0n) is 46.4. The Balaban J connectivity index is 0.000000373. The third kappa shape index (κ3) is 34.0. The molecule has 0 amide bonds. The normalized spacial score (nSPS) is 11.4. The van der Waals surface area contributed by atoms with E-state index in [2.05, 4.69) is 103 Å². The molecule has 0 unspecified atom stereocenters. The molecule has 0 heterocycles. The van der Waals surface area contributed by atoms with E-state index in [1.807, 2.05) is 0 Å². The first-order chi connectivity index (χ1) is 34.9. The minimum absolute atomic E-state index is 0.206. The molecule has 4 rings (SSSR count). The summed E-state index contributed by atoms with van der Waals surface area (Å²) in [5, 5.41) is 18.2. The van der Waals surface area contributed by atoms with Gasteiger partial charge in [-0.05, 0) is 49.9 Å². The average molecular weight is 1030 g/mol. The number of aromatic carboxylic acids is 2. The van der Waals surface area contributed by atoms with Crippen LogP contribution in [0.25, 0.3) is 0 Å². The van der Waals surface area contributed by atoms with Crippen molar-refractivity contribution in [3.8, 4) is 0 Å². The van der Waals surface area contributed by atoms with Crippen molar-refractivity contribution in [1.29, 1.82) is 0 Å². The lowest BCUT2D eigenvalue weighted by atomic mass is 10.0. The fraction of sp³-hybridized carbons (Fsp3) is 0.594. The van der Waals surface area contributed by atoms with Gasteiger partial charge in [0, 0.05) is 20.9 Å². The van der Waals surface area contributed by atoms with E-state index in [9.17, 15) is 9.59 Å². The topological polar surface area (TPSA) is 74.6 Å². The highest BCUT2D eigenvalue weighted by molar-refractivity contribution is 8.76. The van der Waals surface area contributed by atoms with Gasteiger partial charge in [0.05, 0.1) is 52.4 Å². The molecule has 72 heavy (non-hydrogen) atoms. The zero-order valence-corrected chi connectivity index (χ0v) is 48.1. The molecular weight excluding hydrogens is 925 g/mol. The summed E-state index contributed by atoms with van der Waals surface area (Å²) >= 11 is 0. The smallest absolute Gasteiger partial charge is 0.336 e. The quantitative estimate of drug-likeness (QED) is 0.0264. The number of quaternary nitrogens is 2.